The lowest BCUT2D eigenvalue weighted by Crippen LogP contribution is -2.55. The van der Waals surface area contributed by atoms with Crippen molar-refractivity contribution in [3.05, 3.63) is 0 Å². The number of thioether (sulfide) groups is 1. The third kappa shape index (κ3) is 5.25. The Morgan fingerprint density at radius 3 is 2.32 bits per heavy atom. The smallest absolute Gasteiger partial charge is 0.226 e. The average molecular weight is 409 g/mol. The molecule has 1 spiro atoms. The molecule has 0 aromatic rings. The highest BCUT2D eigenvalue weighted by Gasteiger charge is 2.48. The van der Waals surface area contributed by atoms with Gasteiger partial charge in [-0.1, -0.05) is 47.0 Å². The minimum atomic E-state index is -0.0393. The van der Waals surface area contributed by atoms with Gasteiger partial charge in [0.25, 0.3) is 0 Å². The van der Waals surface area contributed by atoms with Crippen LogP contribution in [-0.2, 0) is 9.59 Å². The Morgan fingerprint density at radius 2 is 1.71 bits per heavy atom. The molecule has 3 aliphatic rings. The molecule has 0 aromatic carbocycles. The molecule has 4 nitrogen and oxygen atoms in total. The highest BCUT2D eigenvalue weighted by atomic mass is 32.2. The molecule has 160 valence electrons. The molecule has 1 saturated carbocycles. The SMILES string of the molecule is CC(CC(=O)N1CCC2(CC1)SCCN2C(=O)C1CCCCC1)CC(C)(C)C. The molecule has 2 aliphatic heterocycles. The van der Waals surface area contributed by atoms with Crippen molar-refractivity contribution in [1.82, 2.24) is 9.80 Å². The van der Waals surface area contributed by atoms with Gasteiger partial charge in [0.2, 0.25) is 11.8 Å². The second kappa shape index (κ2) is 8.97. The quantitative estimate of drug-likeness (QED) is 0.663. The predicted molar refractivity (Wildman–Crippen MR) is 117 cm³/mol. The summed E-state index contributed by atoms with van der Waals surface area (Å²) in [5.41, 5.74) is 0.270. The summed E-state index contributed by atoms with van der Waals surface area (Å²) in [6.07, 6.45) is 9.47. The van der Waals surface area contributed by atoms with E-state index in [1.54, 1.807) is 0 Å². The van der Waals surface area contributed by atoms with Crippen molar-refractivity contribution in [3.8, 4) is 0 Å². The summed E-state index contributed by atoms with van der Waals surface area (Å²) >= 11 is 1.97. The monoisotopic (exact) mass is 408 g/mol. The van der Waals surface area contributed by atoms with Crippen LogP contribution in [0.25, 0.3) is 0 Å². The van der Waals surface area contributed by atoms with Crippen LogP contribution in [0.2, 0.25) is 0 Å². The van der Waals surface area contributed by atoms with Crippen LogP contribution >= 0.6 is 11.8 Å². The van der Waals surface area contributed by atoms with E-state index in [0.29, 0.717) is 24.2 Å². The second-order valence-corrected chi connectivity index (χ2v) is 12.0. The van der Waals surface area contributed by atoms with Crippen LogP contribution in [0.3, 0.4) is 0 Å². The zero-order valence-electron chi connectivity index (χ0n) is 18.5. The van der Waals surface area contributed by atoms with Gasteiger partial charge in [-0.05, 0) is 43.4 Å². The van der Waals surface area contributed by atoms with Gasteiger partial charge in [0.1, 0.15) is 0 Å². The molecule has 1 unspecified atom stereocenters. The minimum absolute atomic E-state index is 0.0393. The van der Waals surface area contributed by atoms with Gasteiger partial charge in [-0.3, -0.25) is 9.59 Å². The van der Waals surface area contributed by atoms with Crippen molar-refractivity contribution in [3.63, 3.8) is 0 Å². The van der Waals surface area contributed by atoms with Gasteiger partial charge in [-0.25, -0.2) is 0 Å². The minimum Gasteiger partial charge on any atom is -0.342 e. The third-order valence-corrected chi connectivity index (χ3v) is 8.33. The third-order valence-electron chi connectivity index (χ3n) is 6.78. The molecule has 3 rings (SSSR count). The van der Waals surface area contributed by atoms with Crippen LogP contribution in [0, 0.1) is 17.3 Å². The lowest BCUT2D eigenvalue weighted by Gasteiger charge is -2.45. The Balaban J connectivity index is 1.54. The molecule has 5 heteroatoms. The van der Waals surface area contributed by atoms with Crippen molar-refractivity contribution >= 4 is 23.6 Å². The number of nitrogens with zero attached hydrogens (tertiary/aromatic N) is 2. The Morgan fingerprint density at radius 1 is 1.07 bits per heavy atom. The molecule has 0 N–H and O–H groups in total. The van der Waals surface area contributed by atoms with Gasteiger partial charge in [0.05, 0.1) is 4.87 Å². The van der Waals surface area contributed by atoms with Crippen molar-refractivity contribution in [2.75, 3.05) is 25.4 Å². The fourth-order valence-corrected chi connectivity index (χ4v) is 7.02. The van der Waals surface area contributed by atoms with Crippen LogP contribution in [0.15, 0.2) is 0 Å². The summed E-state index contributed by atoms with van der Waals surface area (Å²) in [6.45, 7) is 11.4. The standard InChI is InChI=1S/C23H40N2O2S/c1-18(17-22(2,3)4)16-20(26)24-12-10-23(11-13-24)25(14-15-28-23)21(27)19-8-6-5-7-9-19/h18-19H,5-17H2,1-4H3. The number of carbonyl (C=O) groups excluding carboxylic acids is 2. The number of likely N-dealkylation sites (tertiary alicyclic amines) is 1. The Labute approximate surface area is 176 Å². The van der Waals surface area contributed by atoms with E-state index < -0.39 is 0 Å². The van der Waals surface area contributed by atoms with E-state index in [1.165, 1.54) is 19.3 Å². The largest absolute Gasteiger partial charge is 0.342 e. The molecule has 28 heavy (non-hydrogen) atoms. The molecular formula is C23H40N2O2S. The van der Waals surface area contributed by atoms with Gasteiger partial charge in [-0.15, -0.1) is 11.8 Å². The van der Waals surface area contributed by atoms with Crippen LogP contribution in [0.4, 0.5) is 0 Å². The Bertz CT molecular complexity index is 557. The highest BCUT2D eigenvalue weighted by Crippen LogP contribution is 2.45. The Kier molecular flexibility index (Phi) is 7.05. The molecule has 0 bridgehead atoms. The number of hydrogen-bond acceptors (Lipinski definition) is 3. The molecule has 3 fully saturated rings. The van der Waals surface area contributed by atoms with Crippen LogP contribution in [-0.4, -0.2) is 51.9 Å². The summed E-state index contributed by atoms with van der Waals surface area (Å²) in [5, 5.41) is 0. The van der Waals surface area contributed by atoms with Crippen LogP contribution in [0.1, 0.15) is 85.5 Å². The van der Waals surface area contributed by atoms with Gasteiger partial charge in [0.15, 0.2) is 0 Å². The first-order chi connectivity index (χ1) is 13.2. The topological polar surface area (TPSA) is 40.6 Å². The van der Waals surface area contributed by atoms with E-state index in [-0.39, 0.29) is 16.2 Å². The fraction of sp³-hybridized carbons (Fsp3) is 0.913. The molecule has 1 aliphatic carbocycles. The zero-order chi connectivity index (χ0) is 20.4. The lowest BCUT2D eigenvalue weighted by molar-refractivity contribution is -0.141. The molecular weight excluding hydrogens is 368 g/mol. The normalized spacial score (nSPS) is 24.6. The number of piperidine rings is 1. The summed E-state index contributed by atoms with van der Waals surface area (Å²) in [7, 11) is 0. The van der Waals surface area contributed by atoms with E-state index in [0.717, 1.165) is 57.5 Å². The first-order valence-corrected chi connectivity index (χ1v) is 12.4. The summed E-state index contributed by atoms with van der Waals surface area (Å²) in [4.78, 5) is 30.2. The predicted octanol–water partition coefficient (Wildman–Crippen LogP) is 4.92. The van der Waals surface area contributed by atoms with Gasteiger partial charge in [0, 0.05) is 37.7 Å². The Hall–Kier alpha value is -0.710. The second-order valence-electron chi connectivity index (χ2n) is 10.6. The van der Waals surface area contributed by atoms with Crippen molar-refractivity contribution < 1.29 is 9.59 Å². The summed E-state index contributed by atoms with van der Waals surface area (Å²) < 4.78 is 0. The maximum atomic E-state index is 13.2. The van der Waals surface area contributed by atoms with Crippen molar-refractivity contribution in [2.24, 2.45) is 17.3 Å². The number of amides is 2. The van der Waals surface area contributed by atoms with Gasteiger partial charge in [-0.2, -0.15) is 0 Å². The molecule has 0 aromatic heterocycles. The van der Waals surface area contributed by atoms with Gasteiger partial charge >= 0.3 is 0 Å². The fourth-order valence-electron chi connectivity index (χ4n) is 5.55. The lowest BCUT2D eigenvalue weighted by atomic mass is 9.84. The van der Waals surface area contributed by atoms with E-state index in [9.17, 15) is 9.59 Å². The van der Waals surface area contributed by atoms with Crippen molar-refractivity contribution in [2.45, 2.75) is 90.4 Å². The van der Waals surface area contributed by atoms with E-state index in [2.05, 4.69) is 37.5 Å². The molecule has 0 radical (unpaired) electrons. The van der Waals surface area contributed by atoms with Crippen LogP contribution < -0.4 is 0 Å². The average Bonchev–Trinajstić information content (AvgIpc) is 3.03. The number of hydrogen-bond donors (Lipinski definition) is 0. The molecule has 2 saturated heterocycles. The maximum absolute atomic E-state index is 13.2. The number of rotatable bonds is 4. The van der Waals surface area contributed by atoms with Crippen LogP contribution in [0.5, 0.6) is 0 Å². The molecule has 1 atom stereocenters. The zero-order valence-corrected chi connectivity index (χ0v) is 19.3. The molecule has 2 amide bonds. The molecule has 2 heterocycles. The van der Waals surface area contributed by atoms with E-state index in [4.69, 9.17) is 0 Å². The van der Waals surface area contributed by atoms with Crippen molar-refractivity contribution in [1.29, 1.82) is 0 Å². The number of carbonyl (C=O) groups is 2. The maximum Gasteiger partial charge on any atom is 0.226 e. The van der Waals surface area contributed by atoms with E-state index >= 15 is 0 Å². The van der Waals surface area contributed by atoms with E-state index in [1.807, 2.05) is 11.8 Å². The highest BCUT2D eigenvalue weighted by molar-refractivity contribution is 8.00. The summed E-state index contributed by atoms with van der Waals surface area (Å²) in [5.74, 6) is 2.44. The first-order valence-electron chi connectivity index (χ1n) is 11.4. The summed E-state index contributed by atoms with van der Waals surface area (Å²) in [6, 6.07) is 0. The first kappa shape index (κ1) is 22.0. The van der Waals surface area contributed by atoms with Gasteiger partial charge < -0.3 is 9.80 Å².